The first-order valence-electron chi connectivity index (χ1n) is 7.35. The summed E-state index contributed by atoms with van der Waals surface area (Å²) in [6, 6.07) is 3.99. The van der Waals surface area contributed by atoms with E-state index >= 15 is 0 Å². The highest BCUT2D eigenvalue weighted by Gasteiger charge is 2.18. The van der Waals surface area contributed by atoms with Gasteiger partial charge in [-0.05, 0) is 25.3 Å². The van der Waals surface area contributed by atoms with Gasteiger partial charge in [-0.1, -0.05) is 12.8 Å². The summed E-state index contributed by atoms with van der Waals surface area (Å²) >= 11 is 0. The second-order valence-electron chi connectivity index (χ2n) is 5.35. The molecule has 1 saturated heterocycles. The molecule has 1 aliphatic heterocycles. The molecule has 1 aliphatic rings. The number of piperidine rings is 1. The van der Waals surface area contributed by atoms with Crippen LogP contribution in [0.3, 0.4) is 0 Å². The Bertz CT molecular complexity index is 521. The van der Waals surface area contributed by atoms with Gasteiger partial charge in [0.15, 0.2) is 0 Å². The van der Waals surface area contributed by atoms with E-state index in [2.05, 4.69) is 23.1 Å². The number of hydrogen-bond donors (Lipinski definition) is 1. The van der Waals surface area contributed by atoms with Crippen molar-refractivity contribution in [3.63, 3.8) is 0 Å². The Morgan fingerprint density at radius 2 is 2.15 bits per heavy atom. The molecule has 2 rings (SSSR count). The molecular formula is C16H23N3O. The number of likely N-dealkylation sites (tertiary alicyclic amines) is 1. The second-order valence-corrected chi connectivity index (χ2v) is 5.35. The van der Waals surface area contributed by atoms with Gasteiger partial charge in [-0.25, -0.2) is 0 Å². The van der Waals surface area contributed by atoms with Crippen LogP contribution < -0.4 is 10.9 Å². The summed E-state index contributed by atoms with van der Waals surface area (Å²) in [5, 5.41) is 3.53. The van der Waals surface area contributed by atoms with Gasteiger partial charge < -0.3 is 9.88 Å². The average Bonchev–Trinajstić information content (AvgIpc) is 2.45. The Kier molecular flexibility index (Phi) is 5.25. The highest BCUT2D eigenvalue weighted by Crippen LogP contribution is 2.15. The Hall–Kier alpha value is -1.73. The van der Waals surface area contributed by atoms with E-state index in [-0.39, 0.29) is 5.56 Å². The molecule has 1 fully saturated rings. The van der Waals surface area contributed by atoms with E-state index in [0.29, 0.717) is 6.04 Å². The second kappa shape index (κ2) is 7.16. The summed E-state index contributed by atoms with van der Waals surface area (Å²) < 4.78 is 1.77. The Balaban J connectivity index is 1.93. The molecule has 0 spiro atoms. The van der Waals surface area contributed by atoms with Crippen molar-refractivity contribution < 1.29 is 0 Å². The van der Waals surface area contributed by atoms with Gasteiger partial charge in [0.25, 0.3) is 5.56 Å². The summed E-state index contributed by atoms with van der Waals surface area (Å²) in [7, 11) is 0. The third-order valence-corrected chi connectivity index (χ3v) is 3.72. The van der Waals surface area contributed by atoms with Crippen LogP contribution in [0.15, 0.2) is 23.1 Å². The van der Waals surface area contributed by atoms with Crippen LogP contribution in [0, 0.1) is 12.3 Å². The lowest BCUT2D eigenvalue weighted by Gasteiger charge is -2.31. The van der Waals surface area contributed by atoms with Crippen molar-refractivity contribution >= 4 is 5.69 Å². The van der Waals surface area contributed by atoms with Crippen LogP contribution in [0.4, 0.5) is 5.69 Å². The van der Waals surface area contributed by atoms with Crippen molar-refractivity contribution in [2.45, 2.75) is 38.8 Å². The summed E-state index contributed by atoms with van der Waals surface area (Å²) in [5.74, 6) is 2.70. The van der Waals surface area contributed by atoms with E-state index in [1.54, 1.807) is 10.6 Å². The number of hydrogen-bond acceptors (Lipinski definition) is 3. The molecule has 0 radical (unpaired) electrons. The summed E-state index contributed by atoms with van der Waals surface area (Å²) in [5.41, 5.74) is 1.11. The van der Waals surface area contributed by atoms with Crippen molar-refractivity contribution in [3.05, 3.63) is 28.7 Å². The largest absolute Gasteiger partial charge is 0.381 e. The molecule has 0 unspecified atom stereocenters. The molecule has 1 aromatic heterocycles. The first-order chi connectivity index (χ1) is 9.72. The maximum absolute atomic E-state index is 11.7. The lowest BCUT2D eigenvalue weighted by molar-refractivity contribution is 0.243. The number of nitrogens with zero attached hydrogens (tertiary/aromatic N) is 2. The predicted octanol–water partition coefficient (Wildman–Crippen LogP) is 1.77. The zero-order chi connectivity index (χ0) is 14.4. The zero-order valence-electron chi connectivity index (χ0n) is 12.1. The van der Waals surface area contributed by atoms with Gasteiger partial charge in [0.1, 0.15) is 0 Å². The van der Waals surface area contributed by atoms with Crippen molar-refractivity contribution in [1.82, 2.24) is 9.47 Å². The van der Waals surface area contributed by atoms with Crippen molar-refractivity contribution in [3.8, 4) is 12.3 Å². The van der Waals surface area contributed by atoms with Crippen molar-refractivity contribution in [2.75, 3.05) is 25.0 Å². The molecule has 0 bridgehead atoms. The van der Waals surface area contributed by atoms with Gasteiger partial charge in [0.05, 0.1) is 12.2 Å². The third-order valence-electron chi connectivity index (χ3n) is 3.72. The SMILES string of the molecule is C#CCN1CCC(Nc2ccc(=O)n(CCC)c2)CC1. The maximum atomic E-state index is 11.7. The summed E-state index contributed by atoms with van der Waals surface area (Å²) in [6.45, 7) is 5.67. The van der Waals surface area contributed by atoms with Gasteiger partial charge in [0.2, 0.25) is 0 Å². The molecular weight excluding hydrogens is 250 g/mol. The van der Waals surface area contributed by atoms with E-state index < -0.39 is 0 Å². The molecule has 1 aromatic rings. The molecule has 4 nitrogen and oxygen atoms in total. The average molecular weight is 273 g/mol. The Labute approximate surface area is 120 Å². The molecule has 0 amide bonds. The molecule has 108 valence electrons. The molecule has 0 aliphatic carbocycles. The van der Waals surface area contributed by atoms with Crippen LogP contribution in [0.1, 0.15) is 26.2 Å². The molecule has 1 N–H and O–H groups in total. The van der Waals surface area contributed by atoms with Gasteiger partial charge >= 0.3 is 0 Å². The molecule has 0 aromatic carbocycles. The van der Waals surface area contributed by atoms with Gasteiger partial charge in [-0.2, -0.15) is 0 Å². The minimum atomic E-state index is 0.0706. The minimum Gasteiger partial charge on any atom is -0.381 e. The van der Waals surface area contributed by atoms with Crippen molar-refractivity contribution in [1.29, 1.82) is 0 Å². The van der Waals surface area contributed by atoms with Crippen LogP contribution in [0.2, 0.25) is 0 Å². The smallest absolute Gasteiger partial charge is 0.250 e. The van der Waals surface area contributed by atoms with Crippen LogP contribution in [0.5, 0.6) is 0 Å². The fraction of sp³-hybridized carbons (Fsp3) is 0.562. The number of terminal acetylenes is 1. The quantitative estimate of drug-likeness (QED) is 0.831. The van der Waals surface area contributed by atoms with Crippen LogP contribution in [-0.4, -0.2) is 35.1 Å². The number of nitrogens with one attached hydrogen (secondary N) is 1. The van der Waals surface area contributed by atoms with Gasteiger partial charge in [0, 0.05) is 37.9 Å². The van der Waals surface area contributed by atoms with Crippen LogP contribution in [-0.2, 0) is 6.54 Å². The minimum absolute atomic E-state index is 0.0706. The Morgan fingerprint density at radius 3 is 2.80 bits per heavy atom. The standard InChI is InChI=1S/C16H23N3O/c1-3-9-18-11-7-14(8-12-18)17-15-5-6-16(20)19(13-15)10-4-2/h1,5-6,13-14,17H,4,7-12H2,2H3. The number of aromatic nitrogens is 1. The highest BCUT2D eigenvalue weighted by molar-refractivity contribution is 5.41. The van der Waals surface area contributed by atoms with E-state index in [9.17, 15) is 4.79 Å². The summed E-state index contributed by atoms with van der Waals surface area (Å²) in [4.78, 5) is 14.0. The third kappa shape index (κ3) is 3.88. The Morgan fingerprint density at radius 1 is 1.40 bits per heavy atom. The fourth-order valence-electron chi connectivity index (χ4n) is 2.63. The lowest BCUT2D eigenvalue weighted by atomic mass is 10.0. The number of anilines is 1. The highest BCUT2D eigenvalue weighted by atomic mass is 16.1. The van der Waals surface area contributed by atoms with Crippen LogP contribution >= 0.6 is 0 Å². The van der Waals surface area contributed by atoms with Crippen molar-refractivity contribution in [2.24, 2.45) is 0 Å². The first-order valence-corrected chi connectivity index (χ1v) is 7.35. The fourth-order valence-corrected chi connectivity index (χ4v) is 2.63. The molecule has 2 heterocycles. The molecule has 0 saturated carbocycles. The molecule has 0 atom stereocenters. The number of aryl methyl sites for hydroxylation is 1. The summed E-state index contributed by atoms with van der Waals surface area (Å²) in [6.07, 6.45) is 10.4. The maximum Gasteiger partial charge on any atom is 0.250 e. The van der Waals surface area contributed by atoms with Gasteiger partial charge in [-0.15, -0.1) is 6.42 Å². The number of pyridine rings is 1. The molecule has 20 heavy (non-hydrogen) atoms. The zero-order valence-corrected chi connectivity index (χ0v) is 12.1. The van der Waals surface area contributed by atoms with E-state index in [1.807, 2.05) is 12.3 Å². The number of rotatable bonds is 5. The van der Waals surface area contributed by atoms with E-state index in [1.165, 1.54) is 0 Å². The molecule has 4 heteroatoms. The normalized spacial score (nSPS) is 16.8. The van der Waals surface area contributed by atoms with Gasteiger partial charge in [-0.3, -0.25) is 9.69 Å². The monoisotopic (exact) mass is 273 g/mol. The van der Waals surface area contributed by atoms with E-state index in [0.717, 1.165) is 51.1 Å². The lowest BCUT2D eigenvalue weighted by Crippen LogP contribution is -2.39. The van der Waals surface area contributed by atoms with E-state index in [4.69, 9.17) is 6.42 Å². The first kappa shape index (κ1) is 14.7. The van der Waals surface area contributed by atoms with Crippen LogP contribution in [0.25, 0.3) is 0 Å². The topological polar surface area (TPSA) is 37.3 Å². The predicted molar refractivity (Wildman–Crippen MR) is 82.9 cm³/mol.